The molecule has 0 saturated heterocycles. The summed E-state index contributed by atoms with van der Waals surface area (Å²) in [6.45, 7) is 3.19. The van der Waals surface area contributed by atoms with Crippen LogP contribution in [0.4, 0.5) is 0 Å². The van der Waals surface area contributed by atoms with Gasteiger partial charge in [-0.15, -0.1) is 34.2 Å². The highest BCUT2D eigenvalue weighted by atomic mass is 127. The summed E-state index contributed by atoms with van der Waals surface area (Å²) in [4.78, 5) is 4.79. The van der Waals surface area contributed by atoms with E-state index in [1.54, 1.807) is 0 Å². The van der Waals surface area contributed by atoms with Crippen LogP contribution in [0.3, 0.4) is 0 Å². The Morgan fingerprint density at radius 2 is 2.00 bits per heavy atom. The van der Waals surface area contributed by atoms with Crippen molar-refractivity contribution >= 4 is 29.9 Å². The first kappa shape index (κ1) is 21.9. The van der Waals surface area contributed by atoms with Gasteiger partial charge in [-0.2, -0.15) is 0 Å². The number of ether oxygens (including phenoxy) is 1. The Bertz CT molecular complexity index is 805. The number of hydrogen-bond donors (Lipinski definition) is 2. The number of aromatic nitrogens is 3. The number of aliphatic imine (C=N–C) groups is 1. The lowest BCUT2D eigenvalue weighted by Crippen LogP contribution is -2.47. The molecule has 0 spiro atoms. The highest BCUT2D eigenvalue weighted by Crippen LogP contribution is 2.27. The van der Waals surface area contributed by atoms with Crippen LogP contribution >= 0.6 is 24.0 Å². The van der Waals surface area contributed by atoms with Crippen LogP contribution in [0.1, 0.15) is 49.3 Å². The SMILES string of the molecule is Cc1nnc(CN=C(NCC2Cc3ccccc3O2)NC2CCCCC2)n1C.I. The lowest BCUT2D eigenvalue weighted by Gasteiger charge is -2.25. The maximum absolute atomic E-state index is 6.06. The van der Waals surface area contributed by atoms with Crippen molar-refractivity contribution in [2.45, 2.75) is 64.1 Å². The number of nitrogens with zero attached hydrogens (tertiary/aromatic N) is 4. The van der Waals surface area contributed by atoms with Crippen molar-refractivity contribution in [1.82, 2.24) is 25.4 Å². The summed E-state index contributed by atoms with van der Waals surface area (Å²) in [5.74, 6) is 3.61. The molecular weight excluding hydrogens is 479 g/mol. The molecule has 2 aromatic rings. The Morgan fingerprint density at radius 1 is 1.21 bits per heavy atom. The zero-order chi connectivity index (χ0) is 19.3. The molecule has 1 aromatic heterocycles. The second-order valence-corrected chi connectivity index (χ2v) is 7.80. The number of aryl methyl sites for hydroxylation is 1. The van der Waals surface area contributed by atoms with Crippen molar-refractivity contribution < 1.29 is 4.74 Å². The molecule has 1 aromatic carbocycles. The van der Waals surface area contributed by atoms with Gasteiger partial charge >= 0.3 is 0 Å². The van der Waals surface area contributed by atoms with Gasteiger partial charge in [-0.25, -0.2) is 4.99 Å². The maximum Gasteiger partial charge on any atom is 0.192 e. The summed E-state index contributed by atoms with van der Waals surface area (Å²) in [5.41, 5.74) is 1.28. The third-order valence-electron chi connectivity index (χ3n) is 5.72. The normalized spacial score (nSPS) is 19.2. The third-order valence-corrected chi connectivity index (χ3v) is 5.72. The minimum Gasteiger partial charge on any atom is -0.488 e. The van der Waals surface area contributed by atoms with Gasteiger partial charge in [-0.1, -0.05) is 37.5 Å². The zero-order valence-corrected chi connectivity index (χ0v) is 19.6. The van der Waals surface area contributed by atoms with Gasteiger partial charge in [0, 0.05) is 19.5 Å². The lowest BCUT2D eigenvalue weighted by molar-refractivity contribution is 0.234. The van der Waals surface area contributed by atoms with Crippen LogP contribution in [0.25, 0.3) is 0 Å². The van der Waals surface area contributed by atoms with Gasteiger partial charge < -0.3 is 19.9 Å². The smallest absolute Gasteiger partial charge is 0.192 e. The number of para-hydroxylation sites is 1. The average molecular weight is 510 g/mol. The van der Waals surface area contributed by atoms with Crippen molar-refractivity contribution in [3.05, 3.63) is 41.5 Å². The van der Waals surface area contributed by atoms with Crippen LogP contribution in [0.2, 0.25) is 0 Å². The van der Waals surface area contributed by atoms with E-state index in [0.29, 0.717) is 12.6 Å². The van der Waals surface area contributed by atoms with E-state index in [9.17, 15) is 0 Å². The van der Waals surface area contributed by atoms with Crippen molar-refractivity contribution in [2.75, 3.05) is 6.54 Å². The molecule has 1 aliphatic carbocycles. The Morgan fingerprint density at radius 3 is 2.72 bits per heavy atom. The summed E-state index contributed by atoms with van der Waals surface area (Å²) in [7, 11) is 1.98. The summed E-state index contributed by atoms with van der Waals surface area (Å²) in [6, 6.07) is 8.76. The van der Waals surface area contributed by atoms with Crippen molar-refractivity contribution in [1.29, 1.82) is 0 Å². The molecular formula is C21H31IN6O. The van der Waals surface area contributed by atoms with E-state index in [4.69, 9.17) is 9.73 Å². The standard InChI is InChI=1S/C21H30N6O.HI/c1-15-25-26-20(27(15)2)14-23-21(24-17-9-4-3-5-10-17)22-13-18-12-16-8-6-7-11-19(16)28-18;/h6-8,11,17-18H,3-5,9-10,12-14H2,1-2H3,(H2,22,23,24);1H. The molecule has 1 aliphatic heterocycles. The van der Waals surface area contributed by atoms with Crippen LogP contribution in [0.15, 0.2) is 29.3 Å². The molecule has 1 unspecified atom stereocenters. The van der Waals surface area contributed by atoms with Gasteiger partial charge in [-0.3, -0.25) is 0 Å². The Hall–Kier alpha value is -1.84. The van der Waals surface area contributed by atoms with E-state index in [1.165, 1.54) is 37.7 Å². The predicted molar refractivity (Wildman–Crippen MR) is 125 cm³/mol. The second-order valence-electron chi connectivity index (χ2n) is 7.80. The fourth-order valence-electron chi connectivity index (χ4n) is 3.91. The lowest BCUT2D eigenvalue weighted by atomic mass is 9.96. The highest BCUT2D eigenvalue weighted by molar-refractivity contribution is 14.0. The van der Waals surface area contributed by atoms with Crippen molar-refractivity contribution in [3.8, 4) is 5.75 Å². The van der Waals surface area contributed by atoms with Crippen molar-refractivity contribution in [2.24, 2.45) is 12.0 Å². The van der Waals surface area contributed by atoms with Gasteiger partial charge in [-0.05, 0) is 31.4 Å². The van der Waals surface area contributed by atoms with Gasteiger partial charge in [0.2, 0.25) is 0 Å². The molecule has 0 bridgehead atoms. The monoisotopic (exact) mass is 510 g/mol. The topological polar surface area (TPSA) is 76.4 Å². The van der Waals surface area contributed by atoms with Crippen LogP contribution in [0.5, 0.6) is 5.75 Å². The summed E-state index contributed by atoms with van der Waals surface area (Å²) >= 11 is 0. The molecule has 1 fully saturated rings. The summed E-state index contributed by atoms with van der Waals surface area (Å²) < 4.78 is 8.05. The predicted octanol–water partition coefficient (Wildman–Crippen LogP) is 3.11. The fourth-order valence-corrected chi connectivity index (χ4v) is 3.91. The van der Waals surface area contributed by atoms with E-state index in [1.807, 2.05) is 30.7 Å². The molecule has 8 heteroatoms. The number of guanidine groups is 1. The number of benzene rings is 1. The fraction of sp³-hybridized carbons (Fsp3) is 0.571. The van der Waals surface area contributed by atoms with E-state index >= 15 is 0 Å². The van der Waals surface area contributed by atoms with Gasteiger partial charge in [0.25, 0.3) is 0 Å². The number of halogens is 1. The minimum absolute atomic E-state index is 0. The van der Waals surface area contributed by atoms with E-state index in [0.717, 1.165) is 36.3 Å². The van der Waals surface area contributed by atoms with Crippen LogP contribution < -0.4 is 15.4 Å². The molecule has 2 aliphatic rings. The molecule has 29 heavy (non-hydrogen) atoms. The van der Waals surface area contributed by atoms with Crippen molar-refractivity contribution in [3.63, 3.8) is 0 Å². The molecule has 0 radical (unpaired) electrons. The van der Waals surface area contributed by atoms with E-state index in [2.05, 4.69) is 33.0 Å². The summed E-state index contributed by atoms with van der Waals surface area (Å²) in [5, 5.41) is 15.5. The molecule has 158 valence electrons. The third kappa shape index (κ3) is 5.61. The van der Waals surface area contributed by atoms with E-state index < -0.39 is 0 Å². The highest BCUT2D eigenvalue weighted by Gasteiger charge is 2.23. The molecule has 2 heterocycles. The summed E-state index contributed by atoms with van der Waals surface area (Å²) in [6.07, 6.45) is 7.38. The first-order valence-corrected chi connectivity index (χ1v) is 10.3. The Kier molecular flexibility index (Phi) is 7.74. The van der Waals surface area contributed by atoms with Crippen LogP contribution in [0, 0.1) is 6.92 Å². The maximum atomic E-state index is 6.06. The zero-order valence-electron chi connectivity index (χ0n) is 17.2. The molecule has 4 rings (SSSR count). The van der Waals surface area contributed by atoms with Gasteiger partial charge in [0.1, 0.15) is 24.2 Å². The van der Waals surface area contributed by atoms with Crippen LogP contribution in [-0.2, 0) is 20.0 Å². The van der Waals surface area contributed by atoms with Gasteiger partial charge in [0.15, 0.2) is 11.8 Å². The first-order valence-electron chi connectivity index (χ1n) is 10.3. The Balaban J connectivity index is 0.00000240. The van der Waals surface area contributed by atoms with E-state index in [-0.39, 0.29) is 30.1 Å². The minimum atomic E-state index is 0. The average Bonchev–Trinajstić information content (AvgIpc) is 3.28. The largest absolute Gasteiger partial charge is 0.488 e. The Labute approximate surface area is 189 Å². The molecule has 1 atom stereocenters. The molecule has 0 amide bonds. The number of fused-ring (bicyclic) bond motifs is 1. The molecule has 7 nitrogen and oxygen atoms in total. The quantitative estimate of drug-likeness (QED) is 0.368. The molecule has 2 N–H and O–H groups in total. The van der Waals surface area contributed by atoms with Crippen LogP contribution in [-0.4, -0.2) is 39.4 Å². The first-order chi connectivity index (χ1) is 13.7. The molecule has 1 saturated carbocycles. The second kappa shape index (κ2) is 10.3. The van der Waals surface area contributed by atoms with Gasteiger partial charge in [0.05, 0.1) is 6.54 Å². The number of hydrogen-bond acceptors (Lipinski definition) is 4. The number of rotatable bonds is 5. The number of nitrogens with one attached hydrogen (secondary N) is 2.